The third kappa shape index (κ3) is 1.65. The molecule has 2 unspecified atom stereocenters. The lowest BCUT2D eigenvalue weighted by Crippen LogP contribution is -2.35. The standard InChI is InChI=1S/C12H19N3O/c1-2-8-5-6-12(13,7-8)11-14-10(16-15-11)9-3-4-9/h8-9H,2-7,13H2,1H3. The van der Waals surface area contributed by atoms with Crippen LogP contribution < -0.4 is 5.73 Å². The van der Waals surface area contributed by atoms with E-state index in [2.05, 4.69) is 17.1 Å². The van der Waals surface area contributed by atoms with E-state index in [0.717, 1.165) is 30.5 Å². The molecule has 2 fully saturated rings. The Morgan fingerprint density at radius 3 is 2.88 bits per heavy atom. The van der Waals surface area contributed by atoms with Crippen LogP contribution in [0.3, 0.4) is 0 Å². The molecule has 0 aromatic carbocycles. The quantitative estimate of drug-likeness (QED) is 0.850. The number of nitrogens with two attached hydrogens (primary N) is 1. The van der Waals surface area contributed by atoms with Gasteiger partial charge in [-0.25, -0.2) is 0 Å². The van der Waals surface area contributed by atoms with Crippen LogP contribution in [0.4, 0.5) is 0 Å². The van der Waals surface area contributed by atoms with Gasteiger partial charge in [0.15, 0.2) is 5.82 Å². The lowest BCUT2D eigenvalue weighted by Gasteiger charge is -2.19. The molecule has 1 aromatic rings. The fraction of sp³-hybridized carbons (Fsp3) is 0.833. The van der Waals surface area contributed by atoms with E-state index in [1.807, 2.05) is 0 Å². The van der Waals surface area contributed by atoms with Crippen LogP contribution >= 0.6 is 0 Å². The molecule has 3 rings (SSSR count). The summed E-state index contributed by atoms with van der Waals surface area (Å²) >= 11 is 0. The zero-order valence-electron chi connectivity index (χ0n) is 9.78. The molecule has 2 aliphatic rings. The molecule has 2 atom stereocenters. The van der Waals surface area contributed by atoms with Gasteiger partial charge < -0.3 is 10.3 Å². The van der Waals surface area contributed by atoms with Crippen molar-refractivity contribution in [1.29, 1.82) is 0 Å². The predicted octanol–water partition coefficient (Wildman–Crippen LogP) is 2.31. The highest BCUT2D eigenvalue weighted by Crippen LogP contribution is 2.43. The van der Waals surface area contributed by atoms with Crippen molar-refractivity contribution in [3.63, 3.8) is 0 Å². The van der Waals surface area contributed by atoms with E-state index < -0.39 is 0 Å². The lowest BCUT2D eigenvalue weighted by molar-refractivity contribution is 0.343. The minimum Gasteiger partial charge on any atom is -0.339 e. The van der Waals surface area contributed by atoms with Gasteiger partial charge in [0.25, 0.3) is 0 Å². The second kappa shape index (κ2) is 3.55. The first-order valence-corrected chi connectivity index (χ1v) is 6.34. The highest BCUT2D eigenvalue weighted by atomic mass is 16.5. The van der Waals surface area contributed by atoms with E-state index in [1.165, 1.54) is 25.7 Å². The zero-order chi connectivity index (χ0) is 11.2. The average molecular weight is 221 g/mol. The molecule has 0 radical (unpaired) electrons. The first kappa shape index (κ1) is 10.3. The van der Waals surface area contributed by atoms with E-state index >= 15 is 0 Å². The molecular weight excluding hydrogens is 202 g/mol. The highest BCUT2D eigenvalue weighted by molar-refractivity contribution is 5.11. The Morgan fingerprint density at radius 2 is 2.25 bits per heavy atom. The summed E-state index contributed by atoms with van der Waals surface area (Å²) in [4.78, 5) is 4.49. The molecule has 2 N–H and O–H groups in total. The molecule has 4 nitrogen and oxygen atoms in total. The van der Waals surface area contributed by atoms with E-state index in [-0.39, 0.29) is 5.54 Å². The molecule has 0 saturated heterocycles. The molecule has 2 saturated carbocycles. The summed E-state index contributed by atoms with van der Waals surface area (Å²) in [5.41, 5.74) is 6.07. The maximum Gasteiger partial charge on any atom is 0.229 e. The second-order valence-electron chi connectivity index (χ2n) is 5.40. The number of rotatable bonds is 3. The number of nitrogens with zero attached hydrogens (tertiary/aromatic N) is 2. The third-order valence-electron chi connectivity index (χ3n) is 4.04. The molecule has 0 amide bonds. The monoisotopic (exact) mass is 221 g/mol. The summed E-state index contributed by atoms with van der Waals surface area (Å²) in [6, 6.07) is 0. The summed E-state index contributed by atoms with van der Waals surface area (Å²) in [5.74, 6) is 2.80. The molecule has 0 aliphatic heterocycles. The molecular formula is C12H19N3O. The largest absolute Gasteiger partial charge is 0.339 e. The van der Waals surface area contributed by atoms with Crippen LogP contribution in [0.15, 0.2) is 4.52 Å². The SMILES string of the molecule is CCC1CCC(N)(c2noc(C3CC3)n2)C1. The van der Waals surface area contributed by atoms with Crippen molar-refractivity contribution >= 4 is 0 Å². The van der Waals surface area contributed by atoms with Crippen molar-refractivity contribution in [1.82, 2.24) is 10.1 Å². The maximum absolute atomic E-state index is 6.40. The Morgan fingerprint density at radius 1 is 1.44 bits per heavy atom. The van der Waals surface area contributed by atoms with E-state index in [4.69, 9.17) is 10.3 Å². The number of hydrogen-bond donors (Lipinski definition) is 1. The Labute approximate surface area is 95.6 Å². The van der Waals surface area contributed by atoms with Gasteiger partial charge in [-0.1, -0.05) is 18.5 Å². The smallest absolute Gasteiger partial charge is 0.229 e. The molecule has 16 heavy (non-hydrogen) atoms. The van der Waals surface area contributed by atoms with Gasteiger partial charge in [0, 0.05) is 5.92 Å². The van der Waals surface area contributed by atoms with E-state index in [9.17, 15) is 0 Å². The maximum atomic E-state index is 6.40. The van der Waals surface area contributed by atoms with Gasteiger partial charge >= 0.3 is 0 Å². The Hall–Kier alpha value is -0.900. The van der Waals surface area contributed by atoms with Crippen molar-refractivity contribution in [2.75, 3.05) is 0 Å². The van der Waals surface area contributed by atoms with E-state index in [0.29, 0.717) is 5.92 Å². The van der Waals surface area contributed by atoms with Crippen molar-refractivity contribution < 1.29 is 4.52 Å². The molecule has 1 aromatic heterocycles. The Bertz CT molecular complexity index is 385. The van der Waals surface area contributed by atoms with Gasteiger partial charge in [0.2, 0.25) is 5.89 Å². The summed E-state index contributed by atoms with van der Waals surface area (Å²) in [6.07, 6.45) is 6.78. The van der Waals surface area contributed by atoms with E-state index in [1.54, 1.807) is 0 Å². The van der Waals surface area contributed by atoms with Crippen molar-refractivity contribution in [3.05, 3.63) is 11.7 Å². The minimum absolute atomic E-state index is 0.322. The van der Waals surface area contributed by atoms with Crippen LogP contribution in [0.5, 0.6) is 0 Å². The molecule has 2 aliphatic carbocycles. The van der Waals surface area contributed by atoms with Crippen LogP contribution in [-0.4, -0.2) is 10.1 Å². The fourth-order valence-corrected chi connectivity index (χ4v) is 2.67. The minimum atomic E-state index is -0.322. The first-order valence-electron chi connectivity index (χ1n) is 6.34. The lowest BCUT2D eigenvalue weighted by atomic mass is 9.95. The molecule has 0 spiro atoms. The molecule has 88 valence electrons. The van der Waals surface area contributed by atoms with Crippen LogP contribution in [0.2, 0.25) is 0 Å². The highest BCUT2D eigenvalue weighted by Gasteiger charge is 2.41. The number of hydrogen-bond acceptors (Lipinski definition) is 4. The summed E-state index contributed by atoms with van der Waals surface area (Å²) in [6.45, 7) is 2.22. The van der Waals surface area contributed by atoms with Crippen molar-refractivity contribution in [3.8, 4) is 0 Å². The zero-order valence-corrected chi connectivity index (χ0v) is 9.78. The Balaban J connectivity index is 1.79. The fourth-order valence-electron chi connectivity index (χ4n) is 2.67. The Kier molecular flexibility index (Phi) is 2.28. The predicted molar refractivity (Wildman–Crippen MR) is 59.8 cm³/mol. The molecule has 4 heteroatoms. The third-order valence-corrected chi connectivity index (χ3v) is 4.04. The van der Waals surface area contributed by atoms with Crippen molar-refractivity contribution in [2.45, 2.75) is 56.9 Å². The normalized spacial score (nSPS) is 34.5. The van der Waals surface area contributed by atoms with Crippen LogP contribution in [0, 0.1) is 5.92 Å². The van der Waals surface area contributed by atoms with Gasteiger partial charge in [-0.05, 0) is 38.0 Å². The van der Waals surface area contributed by atoms with Crippen LogP contribution in [-0.2, 0) is 5.54 Å². The number of aromatic nitrogens is 2. The summed E-state index contributed by atoms with van der Waals surface area (Å²) in [7, 11) is 0. The van der Waals surface area contributed by atoms with Gasteiger partial charge in [0.05, 0.1) is 5.54 Å². The van der Waals surface area contributed by atoms with Crippen molar-refractivity contribution in [2.24, 2.45) is 11.7 Å². The topological polar surface area (TPSA) is 64.9 Å². The van der Waals surface area contributed by atoms with Crippen LogP contribution in [0.25, 0.3) is 0 Å². The average Bonchev–Trinajstić information content (AvgIpc) is 2.88. The van der Waals surface area contributed by atoms with Gasteiger partial charge in [0.1, 0.15) is 0 Å². The van der Waals surface area contributed by atoms with Gasteiger partial charge in [-0.2, -0.15) is 4.98 Å². The molecule has 0 bridgehead atoms. The van der Waals surface area contributed by atoms with Gasteiger partial charge in [-0.3, -0.25) is 0 Å². The van der Waals surface area contributed by atoms with Crippen LogP contribution in [0.1, 0.15) is 63.1 Å². The first-order chi connectivity index (χ1) is 7.71. The summed E-state index contributed by atoms with van der Waals surface area (Å²) in [5, 5.41) is 4.09. The summed E-state index contributed by atoms with van der Waals surface area (Å²) < 4.78 is 5.29. The second-order valence-corrected chi connectivity index (χ2v) is 5.40. The van der Waals surface area contributed by atoms with Gasteiger partial charge in [-0.15, -0.1) is 0 Å². The molecule has 1 heterocycles.